The predicted molar refractivity (Wildman–Crippen MR) is 72.8 cm³/mol. The van der Waals surface area contributed by atoms with Gasteiger partial charge in [-0.15, -0.1) is 0 Å². The number of ether oxygens (including phenoxy) is 1. The SMILES string of the molecule is Cc1cc(OC2CC(=O)C23CCCC3)ccc1[N+](=O)[O-]. The van der Waals surface area contributed by atoms with E-state index in [1.807, 2.05) is 0 Å². The molecule has 1 unspecified atom stereocenters. The van der Waals surface area contributed by atoms with Gasteiger partial charge in [0.15, 0.2) is 0 Å². The largest absolute Gasteiger partial charge is 0.489 e. The number of hydrogen-bond donors (Lipinski definition) is 0. The molecule has 2 aliphatic carbocycles. The average Bonchev–Trinajstić information content (AvgIpc) is 2.90. The molecular formula is C15H17NO4. The van der Waals surface area contributed by atoms with Gasteiger partial charge in [0.2, 0.25) is 0 Å². The Morgan fingerprint density at radius 3 is 2.60 bits per heavy atom. The number of carbonyl (C=O) groups excluding carboxylic acids is 1. The molecule has 1 aromatic carbocycles. The van der Waals surface area contributed by atoms with Crippen molar-refractivity contribution in [1.29, 1.82) is 0 Å². The van der Waals surface area contributed by atoms with Crippen LogP contribution in [0.2, 0.25) is 0 Å². The van der Waals surface area contributed by atoms with Crippen molar-refractivity contribution in [3.63, 3.8) is 0 Å². The van der Waals surface area contributed by atoms with Crippen LogP contribution in [-0.4, -0.2) is 16.8 Å². The number of aryl methyl sites for hydroxylation is 1. The van der Waals surface area contributed by atoms with Crippen molar-refractivity contribution >= 4 is 11.5 Å². The van der Waals surface area contributed by atoms with Gasteiger partial charge >= 0.3 is 0 Å². The van der Waals surface area contributed by atoms with Crippen molar-refractivity contribution < 1.29 is 14.5 Å². The molecule has 2 fully saturated rings. The summed E-state index contributed by atoms with van der Waals surface area (Å²) in [4.78, 5) is 22.3. The van der Waals surface area contributed by atoms with E-state index in [9.17, 15) is 14.9 Å². The van der Waals surface area contributed by atoms with E-state index in [1.165, 1.54) is 6.07 Å². The minimum Gasteiger partial charge on any atom is -0.489 e. The minimum atomic E-state index is -0.398. The summed E-state index contributed by atoms with van der Waals surface area (Å²) in [5.41, 5.74) is 0.409. The van der Waals surface area contributed by atoms with Crippen molar-refractivity contribution in [2.45, 2.75) is 45.1 Å². The maximum atomic E-state index is 11.9. The molecule has 0 aromatic heterocycles. The number of benzene rings is 1. The summed E-state index contributed by atoms with van der Waals surface area (Å²) < 4.78 is 5.93. The third kappa shape index (κ3) is 1.88. The number of Topliss-reactive ketones (excluding diaryl/α,β-unsaturated/α-hetero) is 1. The topological polar surface area (TPSA) is 69.4 Å². The molecule has 0 bridgehead atoms. The quantitative estimate of drug-likeness (QED) is 0.627. The van der Waals surface area contributed by atoms with Crippen LogP contribution in [0.3, 0.4) is 0 Å². The molecule has 20 heavy (non-hydrogen) atoms. The van der Waals surface area contributed by atoms with Crippen LogP contribution < -0.4 is 4.74 Å². The number of hydrogen-bond acceptors (Lipinski definition) is 4. The smallest absolute Gasteiger partial charge is 0.272 e. The highest BCUT2D eigenvalue weighted by molar-refractivity contribution is 5.92. The molecular weight excluding hydrogens is 258 g/mol. The fourth-order valence-corrected chi connectivity index (χ4v) is 3.45. The molecule has 0 N–H and O–H groups in total. The van der Waals surface area contributed by atoms with E-state index in [4.69, 9.17) is 4.74 Å². The molecule has 1 atom stereocenters. The molecule has 2 saturated carbocycles. The molecule has 0 saturated heterocycles. The first-order valence-corrected chi connectivity index (χ1v) is 6.98. The third-order valence-electron chi connectivity index (χ3n) is 4.68. The normalized spacial score (nSPS) is 23.6. The zero-order valence-corrected chi connectivity index (χ0v) is 11.4. The lowest BCUT2D eigenvalue weighted by molar-refractivity contribution is -0.385. The molecule has 5 nitrogen and oxygen atoms in total. The first-order chi connectivity index (χ1) is 9.53. The van der Waals surface area contributed by atoms with E-state index in [0.717, 1.165) is 25.7 Å². The second-order valence-corrected chi connectivity index (χ2v) is 5.80. The Hall–Kier alpha value is -1.91. The van der Waals surface area contributed by atoms with E-state index in [1.54, 1.807) is 19.1 Å². The minimum absolute atomic E-state index is 0.0571. The van der Waals surface area contributed by atoms with Crippen LogP contribution in [0, 0.1) is 22.5 Å². The second kappa shape index (κ2) is 4.58. The van der Waals surface area contributed by atoms with Gasteiger partial charge in [-0.05, 0) is 31.9 Å². The van der Waals surface area contributed by atoms with Gasteiger partial charge in [0.1, 0.15) is 17.6 Å². The average molecular weight is 275 g/mol. The standard InChI is InChI=1S/C15H17NO4/c1-10-8-11(4-5-12(10)16(18)19)20-14-9-13(17)15(14)6-2-3-7-15/h4-5,8,14H,2-3,6-7,9H2,1H3. The first kappa shape index (κ1) is 13.1. The maximum Gasteiger partial charge on any atom is 0.272 e. The molecule has 106 valence electrons. The molecule has 1 aromatic rings. The highest BCUT2D eigenvalue weighted by Gasteiger charge is 2.57. The summed E-state index contributed by atoms with van der Waals surface area (Å²) in [5, 5.41) is 10.8. The Kier molecular flexibility index (Phi) is 3.00. The molecule has 0 aliphatic heterocycles. The summed E-state index contributed by atoms with van der Waals surface area (Å²) in [6, 6.07) is 4.77. The number of ketones is 1. The van der Waals surface area contributed by atoms with E-state index < -0.39 is 4.92 Å². The number of nitro groups is 1. The summed E-state index contributed by atoms with van der Waals surface area (Å²) in [6.45, 7) is 1.70. The lowest BCUT2D eigenvalue weighted by Crippen LogP contribution is -2.55. The van der Waals surface area contributed by atoms with Gasteiger partial charge in [0, 0.05) is 18.1 Å². The first-order valence-electron chi connectivity index (χ1n) is 6.98. The van der Waals surface area contributed by atoms with Crippen LogP contribution in [0.4, 0.5) is 5.69 Å². The van der Waals surface area contributed by atoms with Crippen LogP contribution in [-0.2, 0) is 4.79 Å². The monoisotopic (exact) mass is 275 g/mol. The van der Waals surface area contributed by atoms with Crippen LogP contribution in [0.1, 0.15) is 37.7 Å². The van der Waals surface area contributed by atoms with E-state index in [0.29, 0.717) is 23.5 Å². The van der Waals surface area contributed by atoms with Crippen LogP contribution in [0.15, 0.2) is 18.2 Å². The zero-order valence-electron chi connectivity index (χ0n) is 11.4. The van der Waals surface area contributed by atoms with E-state index in [2.05, 4.69) is 0 Å². The van der Waals surface area contributed by atoms with Crippen molar-refractivity contribution in [3.05, 3.63) is 33.9 Å². The summed E-state index contributed by atoms with van der Waals surface area (Å²) >= 11 is 0. The Morgan fingerprint density at radius 1 is 1.35 bits per heavy atom. The van der Waals surface area contributed by atoms with Gasteiger partial charge in [0.05, 0.1) is 10.3 Å². The Bertz CT molecular complexity index is 575. The number of nitrogens with zero attached hydrogens (tertiary/aromatic N) is 1. The summed E-state index contributed by atoms with van der Waals surface area (Å²) in [6.07, 6.45) is 4.43. The van der Waals surface area contributed by atoms with Crippen molar-refractivity contribution in [3.8, 4) is 5.75 Å². The molecule has 0 amide bonds. The maximum absolute atomic E-state index is 11.9. The van der Waals surface area contributed by atoms with Gasteiger partial charge in [-0.1, -0.05) is 12.8 Å². The van der Waals surface area contributed by atoms with E-state index >= 15 is 0 Å². The molecule has 5 heteroatoms. The molecule has 2 aliphatic rings. The highest BCUT2D eigenvalue weighted by Crippen LogP contribution is 2.52. The lowest BCUT2D eigenvalue weighted by Gasteiger charge is -2.44. The number of nitro benzene ring substituents is 1. The Balaban J connectivity index is 1.77. The van der Waals surface area contributed by atoms with Crippen LogP contribution in [0.25, 0.3) is 0 Å². The molecule has 1 spiro atoms. The second-order valence-electron chi connectivity index (χ2n) is 5.80. The van der Waals surface area contributed by atoms with Crippen molar-refractivity contribution in [1.82, 2.24) is 0 Å². The van der Waals surface area contributed by atoms with Crippen LogP contribution >= 0.6 is 0 Å². The fraction of sp³-hybridized carbons (Fsp3) is 0.533. The lowest BCUT2D eigenvalue weighted by atomic mass is 9.63. The molecule has 0 radical (unpaired) electrons. The van der Waals surface area contributed by atoms with Crippen molar-refractivity contribution in [2.24, 2.45) is 5.41 Å². The van der Waals surface area contributed by atoms with Crippen LogP contribution in [0.5, 0.6) is 5.75 Å². The van der Waals surface area contributed by atoms with Crippen molar-refractivity contribution in [2.75, 3.05) is 0 Å². The Morgan fingerprint density at radius 2 is 2.05 bits per heavy atom. The van der Waals surface area contributed by atoms with E-state index in [-0.39, 0.29) is 17.2 Å². The van der Waals surface area contributed by atoms with Gasteiger partial charge < -0.3 is 4.74 Å². The molecule has 3 rings (SSSR count). The highest BCUT2D eigenvalue weighted by atomic mass is 16.6. The summed E-state index contributed by atoms with van der Waals surface area (Å²) in [7, 11) is 0. The number of rotatable bonds is 3. The molecule has 0 heterocycles. The Labute approximate surface area is 117 Å². The van der Waals surface area contributed by atoms with Gasteiger partial charge in [-0.25, -0.2) is 0 Å². The number of carbonyl (C=O) groups is 1. The summed E-state index contributed by atoms with van der Waals surface area (Å²) in [5.74, 6) is 0.940. The zero-order chi connectivity index (χ0) is 14.3. The predicted octanol–water partition coefficient (Wildman–Crippen LogP) is 3.18. The van der Waals surface area contributed by atoms with Gasteiger partial charge in [-0.2, -0.15) is 0 Å². The van der Waals surface area contributed by atoms with Gasteiger partial charge in [-0.3, -0.25) is 14.9 Å². The fourth-order valence-electron chi connectivity index (χ4n) is 3.45. The third-order valence-corrected chi connectivity index (χ3v) is 4.68. The van der Waals surface area contributed by atoms with Gasteiger partial charge in [0.25, 0.3) is 5.69 Å².